The van der Waals surface area contributed by atoms with Gasteiger partial charge in [-0.1, -0.05) is 60.1 Å². The van der Waals surface area contributed by atoms with Crippen molar-refractivity contribution >= 4 is 21.6 Å². The maximum Gasteiger partial charge on any atom is 0.415 e. The highest BCUT2D eigenvalue weighted by Gasteiger charge is 2.75. The number of carbonyl (C=O) groups is 1. The van der Waals surface area contributed by atoms with E-state index in [4.69, 9.17) is 14.2 Å². The van der Waals surface area contributed by atoms with Gasteiger partial charge in [0.2, 0.25) is 0 Å². The van der Waals surface area contributed by atoms with Gasteiger partial charge in [0.25, 0.3) is 0 Å². The lowest BCUT2D eigenvalue weighted by Crippen LogP contribution is -2.54. The minimum atomic E-state index is -3.60. The first-order valence-corrected chi connectivity index (χ1v) is 12.7. The molecule has 3 aliphatic rings. The normalized spacial score (nSPS) is 28.7. The number of rotatable bonds is 5. The Bertz CT molecular complexity index is 1430. The first-order chi connectivity index (χ1) is 16.8. The van der Waals surface area contributed by atoms with Crippen LogP contribution in [0.4, 0.5) is 10.5 Å². The SMILES string of the molecule is CO[C@]1(C)C#C/C=C\C#C[C@H]2[C@@H]3O[C@]31c1ccccc1N2C(=O)OCCS(=O)(=O)c1ccccc1. The van der Waals surface area contributed by atoms with E-state index in [1.54, 1.807) is 43.5 Å². The van der Waals surface area contributed by atoms with Gasteiger partial charge in [0.15, 0.2) is 21.0 Å². The number of nitrogens with zero attached hydrogens (tertiary/aromatic N) is 1. The summed E-state index contributed by atoms with van der Waals surface area (Å²) >= 11 is 0. The Kier molecular flexibility index (Phi) is 5.69. The molecule has 35 heavy (non-hydrogen) atoms. The molecule has 2 aliphatic heterocycles. The Morgan fingerprint density at radius 1 is 1.09 bits per heavy atom. The molecule has 1 amide bonds. The van der Waals surface area contributed by atoms with Gasteiger partial charge < -0.3 is 14.2 Å². The van der Waals surface area contributed by atoms with E-state index in [0.717, 1.165) is 5.56 Å². The van der Waals surface area contributed by atoms with E-state index in [9.17, 15) is 13.2 Å². The number of amides is 1. The number of ether oxygens (including phenoxy) is 3. The lowest BCUT2D eigenvalue weighted by molar-refractivity contribution is -0.0156. The molecule has 0 unspecified atom stereocenters. The van der Waals surface area contributed by atoms with E-state index in [0.29, 0.717) is 5.69 Å². The number of methoxy groups -OCH3 is 1. The maximum atomic E-state index is 13.3. The van der Waals surface area contributed by atoms with Gasteiger partial charge in [0.05, 0.1) is 16.3 Å². The summed E-state index contributed by atoms with van der Waals surface area (Å²) in [4.78, 5) is 15.0. The van der Waals surface area contributed by atoms with Gasteiger partial charge >= 0.3 is 6.09 Å². The Balaban J connectivity index is 1.47. The molecule has 178 valence electrons. The first-order valence-electron chi connectivity index (χ1n) is 11.1. The van der Waals surface area contributed by atoms with Crippen molar-refractivity contribution in [1.82, 2.24) is 0 Å². The summed E-state index contributed by atoms with van der Waals surface area (Å²) in [5, 5.41) is 0. The summed E-state index contributed by atoms with van der Waals surface area (Å²) in [5.74, 6) is 11.8. The van der Waals surface area contributed by atoms with Crippen LogP contribution in [0.1, 0.15) is 12.5 Å². The summed E-state index contributed by atoms with van der Waals surface area (Å²) in [6, 6.07) is 14.7. The number of hydrogen-bond donors (Lipinski definition) is 0. The van der Waals surface area contributed by atoms with Crippen molar-refractivity contribution in [3.8, 4) is 23.7 Å². The van der Waals surface area contributed by atoms with Gasteiger partial charge in [-0.25, -0.2) is 13.2 Å². The Morgan fingerprint density at radius 2 is 1.80 bits per heavy atom. The van der Waals surface area contributed by atoms with Crippen molar-refractivity contribution in [2.75, 3.05) is 24.4 Å². The van der Waals surface area contributed by atoms with Crippen LogP contribution in [0.5, 0.6) is 0 Å². The third-order valence-electron chi connectivity index (χ3n) is 6.57. The minimum Gasteiger partial charge on any atom is -0.448 e. The second-order valence-corrected chi connectivity index (χ2v) is 10.6. The monoisotopic (exact) mass is 489 g/mol. The third-order valence-corrected chi connectivity index (χ3v) is 8.26. The van der Waals surface area contributed by atoms with Gasteiger partial charge in [0, 0.05) is 12.7 Å². The van der Waals surface area contributed by atoms with E-state index < -0.39 is 39.3 Å². The summed E-state index contributed by atoms with van der Waals surface area (Å²) in [7, 11) is -2.02. The van der Waals surface area contributed by atoms with Crippen LogP contribution in [0.15, 0.2) is 71.6 Å². The fourth-order valence-electron chi connectivity index (χ4n) is 4.69. The number of carbonyl (C=O) groups excluding carboxylic acids is 1. The topological polar surface area (TPSA) is 85.4 Å². The molecule has 1 fully saturated rings. The van der Waals surface area contributed by atoms with Crippen molar-refractivity contribution in [3.05, 3.63) is 72.3 Å². The largest absolute Gasteiger partial charge is 0.448 e. The minimum absolute atomic E-state index is 0.181. The van der Waals surface area contributed by atoms with Crippen LogP contribution in [-0.4, -0.2) is 51.7 Å². The third kappa shape index (κ3) is 3.71. The lowest BCUT2D eigenvalue weighted by Gasteiger charge is -2.39. The Morgan fingerprint density at radius 3 is 2.57 bits per heavy atom. The predicted molar refractivity (Wildman–Crippen MR) is 129 cm³/mol. The van der Waals surface area contributed by atoms with Crippen LogP contribution in [-0.2, 0) is 29.6 Å². The molecule has 0 aromatic heterocycles. The van der Waals surface area contributed by atoms with Crippen LogP contribution < -0.4 is 4.90 Å². The van der Waals surface area contributed by atoms with Crippen LogP contribution in [0, 0.1) is 23.7 Å². The number of allylic oxidation sites excluding steroid dienone is 2. The van der Waals surface area contributed by atoms with Gasteiger partial charge in [-0.2, -0.15) is 0 Å². The highest BCUT2D eigenvalue weighted by molar-refractivity contribution is 7.91. The average molecular weight is 490 g/mol. The number of anilines is 1. The molecular weight excluding hydrogens is 466 g/mol. The number of epoxide rings is 1. The Hall–Kier alpha value is -3.56. The molecule has 1 aliphatic carbocycles. The van der Waals surface area contributed by atoms with Gasteiger partial charge in [-0.3, -0.25) is 4.90 Å². The molecule has 1 saturated heterocycles. The lowest BCUT2D eigenvalue weighted by atomic mass is 9.75. The summed E-state index contributed by atoms with van der Waals surface area (Å²) in [6.45, 7) is 1.56. The summed E-state index contributed by atoms with van der Waals surface area (Å²) in [6.07, 6.45) is 2.03. The maximum absolute atomic E-state index is 13.3. The Labute approximate surface area is 204 Å². The quantitative estimate of drug-likeness (QED) is 0.474. The average Bonchev–Trinajstić information content (AvgIpc) is 3.64. The first kappa shape index (κ1) is 23.2. The molecule has 2 aromatic rings. The number of benzene rings is 2. The van der Waals surface area contributed by atoms with E-state index in [1.807, 2.05) is 25.1 Å². The second-order valence-electron chi connectivity index (χ2n) is 8.48. The van der Waals surface area contributed by atoms with Crippen molar-refractivity contribution in [1.29, 1.82) is 0 Å². The molecule has 8 heteroatoms. The van der Waals surface area contributed by atoms with E-state index in [-0.39, 0.29) is 17.3 Å². The zero-order chi connectivity index (χ0) is 24.7. The summed E-state index contributed by atoms with van der Waals surface area (Å²) < 4.78 is 42.8. The fourth-order valence-corrected chi connectivity index (χ4v) is 5.80. The van der Waals surface area contributed by atoms with Crippen molar-refractivity contribution in [2.24, 2.45) is 0 Å². The standard InChI is InChI=1S/C27H23NO6S/c1-26(32-2)17-11-4-3-8-16-23-24-27(26,34-24)21-14-9-10-15-22(21)28(23)25(29)33-18-19-35(30,31)20-12-6-5-7-13-20/h3-7,9-10,12-15,23-24H,18-19H2,1-2H3/b4-3-/t23-,24-,26+,27+/m0/s1. The molecule has 2 bridgehead atoms. The molecular formula is C27H23NO6S. The number of para-hydroxylation sites is 1. The molecule has 5 rings (SSSR count). The zero-order valence-electron chi connectivity index (χ0n) is 19.2. The van der Waals surface area contributed by atoms with Crippen LogP contribution in [0.3, 0.4) is 0 Å². The second kappa shape index (κ2) is 8.58. The van der Waals surface area contributed by atoms with Crippen molar-refractivity contribution < 1.29 is 27.4 Å². The van der Waals surface area contributed by atoms with E-state index in [1.165, 1.54) is 17.0 Å². The van der Waals surface area contributed by atoms with E-state index in [2.05, 4.69) is 23.7 Å². The fraction of sp³-hybridized carbons (Fsp3) is 0.296. The molecule has 2 heterocycles. The number of hydrogen-bond acceptors (Lipinski definition) is 6. The molecule has 0 saturated carbocycles. The predicted octanol–water partition coefficient (Wildman–Crippen LogP) is 3.06. The van der Waals surface area contributed by atoms with Gasteiger partial charge in [-0.05, 0) is 37.3 Å². The van der Waals surface area contributed by atoms with Crippen molar-refractivity contribution in [2.45, 2.75) is 35.2 Å². The highest BCUT2D eigenvalue weighted by atomic mass is 32.2. The zero-order valence-corrected chi connectivity index (χ0v) is 20.0. The molecule has 0 radical (unpaired) electrons. The number of fused-ring (bicyclic) bond motifs is 1. The van der Waals surface area contributed by atoms with Crippen LogP contribution >= 0.6 is 0 Å². The van der Waals surface area contributed by atoms with Gasteiger partial charge in [-0.15, -0.1) is 0 Å². The van der Waals surface area contributed by atoms with Crippen LogP contribution in [0.25, 0.3) is 0 Å². The van der Waals surface area contributed by atoms with Gasteiger partial charge in [0.1, 0.15) is 18.8 Å². The van der Waals surface area contributed by atoms with Crippen LogP contribution in [0.2, 0.25) is 0 Å². The molecule has 0 N–H and O–H groups in total. The molecule has 7 nitrogen and oxygen atoms in total. The molecule has 4 atom stereocenters. The highest BCUT2D eigenvalue weighted by Crippen LogP contribution is 2.62. The molecule has 0 spiro atoms. The van der Waals surface area contributed by atoms with E-state index >= 15 is 0 Å². The van der Waals surface area contributed by atoms with Crippen molar-refractivity contribution in [3.63, 3.8) is 0 Å². The number of sulfone groups is 1. The smallest absolute Gasteiger partial charge is 0.415 e. The molecule has 2 aromatic carbocycles. The summed E-state index contributed by atoms with van der Waals surface area (Å²) in [5.41, 5.74) is -0.607.